The smallest absolute Gasteiger partial charge is 0.330 e. The van der Waals surface area contributed by atoms with E-state index in [-0.39, 0.29) is 23.4 Å². The van der Waals surface area contributed by atoms with E-state index in [1.165, 1.54) is 13.8 Å². The summed E-state index contributed by atoms with van der Waals surface area (Å²) in [4.78, 5) is 37.7. The van der Waals surface area contributed by atoms with Gasteiger partial charge in [0.25, 0.3) is 0 Å². The van der Waals surface area contributed by atoms with Gasteiger partial charge in [0.05, 0.1) is 0 Å². The number of benzene rings is 1. The molecule has 1 atom stereocenters. The third kappa shape index (κ3) is 3.88. The quantitative estimate of drug-likeness (QED) is 0.693. The monoisotopic (exact) mass is 366 g/mol. The van der Waals surface area contributed by atoms with Gasteiger partial charge in [0.1, 0.15) is 17.7 Å². The molecule has 1 aliphatic heterocycles. The van der Waals surface area contributed by atoms with Gasteiger partial charge in [-0.15, -0.1) is 0 Å². The van der Waals surface area contributed by atoms with Crippen LogP contribution in [0.2, 0.25) is 0 Å². The zero-order valence-corrected chi connectivity index (χ0v) is 14.4. The molecule has 26 heavy (non-hydrogen) atoms. The predicted molar refractivity (Wildman–Crippen MR) is 89.9 cm³/mol. The van der Waals surface area contributed by atoms with Crippen molar-refractivity contribution < 1.29 is 23.2 Å². The number of nitrogens with one attached hydrogen (secondary N) is 2. The fraction of sp³-hybridized carbons (Fsp3) is 0.353. The van der Waals surface area contributed by atoms with Crippen LogP contribution in [0.3, 0.4) is 0 Å². The average Bonchev–Trinajstić information content (AvgIpc) is 2.53. The summed E-state index contributed by atoms with van der Waals surface area (Å²) in [5.41, 5.74) is 5.47. The maximum Gasteiger partial charge on any atom is 0.330 e. The molecule has 4 amide bonds. The molecule has 4 N–H and O–H groups in total. The van der Waals surface area contributed by atoms with E-state index in [9.17, 15) is 23.2 Å². The largest absolute Gasteiger partial charge is 0.337 e. The van der Waals surface area contributed by atoms with Crippen molar-refractivity contribution in [2.75, 3.05) is 13.1 Å². The molecule has 0 aliphatic carbocycles. The normalized spacial score (nSPS) is 17.2. The number of urea groups is 2. The molecular formula is C17H20F2N4O3. The molecule has 0 radical (unpaired) electrons. The van der Waals surface area contributed by atoms with Crippen LogP contribution in [0.1, 0.15) is 31.9 Å². The lowest BCUT2D eigenvalue weighted by Crippen LogP contribution is -2.54. The molecule has 140 valence electrons. The van der Waals surface area contributed by atoms with Crippen molar-refractivity contribution in [1.82, 2.24) is 15.5 Å². The number of nitrogens with zero attached hydrogens (tertiary/aromatic N) is 1. The Balaban J connectivity index is 2.55. The standard InChI is InChI=1S/C17H20F2N4O3/c1-9-14(10(2)24)15(12-5-4-11(18)8-13(12)19)23(17(26)22-9)16(25)21-7-3-6-20/h4-5,8,15H,3,6-7,20H2,1-2H3,(H,21,25)(H,22,26). The first-order valence-corrected chi connectivity index (χ1v) is 8.02. The molecule has 1 aromatic carbocycles. The summed E-state index contributed by atoms with van der Waals surface area (Å²) in [5.74, 6) is -2.22. The van der Waals surface area contributed by atoms with Gasteiger partial charge in [0.15, 0.2) is 5.78 Å². The first-order chi connectivity index (χ1) is 12.3. The summed E-state index contributed by atoms with van der Waals surface area (Å²) in [6.07, 6.45) is 0.477. The van der Waals surface area contributed by atoms with Crippen LogP contribution >= 0.6 is 0 Å². The predicted octanol–water partition coefficient (Wildman–Crippen LogP) is 1.95. The number of imide groups is 1. The average molecular weight is 366 g/mol. The van der Waals surface area contributed by atoms with Crippen molar-refractivity contribution in [3.8, 4) is 0 Å². The molecule has 0 bridgehead atoms. The number of rotatable bonds is 5. The van der Waals surface area contributed by atoms with E-state index in [4.69, 9.17) is 5.73 Å². The van der Waals surface area contributed by atoms with Gasteiger partial charge in [0.2, 0.25) is 0 Å². The second kappa shape index (κ2) is 8.05. The van der Waals surface area contributed by atoms with Crippen LogP contribution in [0.4, 0.5) is 18.4 Å². The van der Waals surface area contributed by atoms with E-state index in [2.05, 4.69) is 10.6 Å². The summed E-state index contributed by atoms with van der Waals surface area (Å²) in [7, 11) is 0. The van der Waals surface area contributed by atoms with Crippen molar-refractivity contribution in [3.63, 3.8) is 0 Å². The Hall–Kier alpha value is -2.81. The molecule has 0 aromatic heterocycles. The minimum atomic E-state index is -1.31. The molecule has 0 spiro atoms. The molecule has 1 aromatic rings. The zero-order valence-electron chi connectivity index (χ0n) is 14.4. The highest BCUT2D eigenvalue weighted by Crippen LogP contribution is 2.35. The van der Waals surface area contributed by atoms with Crippen LogP contribution in [0.25, 0.3) is 0 Å². The molecule has 9 heteroatoms. The highest BCUT2D eigenvalue weighted by Gasteiger charge is 2.41. The molecule has 1 heterocycles. The molecule has 0 saturated carbocycles. The van der Waals surface area contributed by atoms with Crippen LogP contribution in [0, 0.1) is 11.6 Å². The van der Waals surface area contributed by atoms with Gasteiger partial charge < -0.3 is 16.4 Å². The van der Waals surface area contributed by atoms with E-state index in [0.29, 0.717) is 19.0 Å². The van der Waals surface area contributed by atoms with E-state index in [1.54, 1.807) is 0 Å². The van der Waals surface area contributed by atoms with Crippen LogP contribution in [-0.4, -0.2) is 35.8 Å². The Bertz CT molecular complexity index is 779. The molecule has 0 fully saturated rings. The lowest BCUT2D eigenvalue weighted by molar-refractivity contribution is -0.114. The molecule has 1 unspecified atom stereocenters. The molecule has 1 aliphatic rings. The number of hydrogen-bond acceptors (Lipinski definition) is 4. The zero-order chi connectivity index (χ0) is 19.4. The Morgan fingerprint density at radius 3 is 2.62 bits per heavy atom. The summed E-state index contributed by atoms with van der Waals surface area (Å²) >= 11 is 0. The number of carbonyl (C=O) groups excluding carboxylic acids is 3. The second-order valence-corrected chi connectivity index (χ2v) is 5.84. The molecule has 7 nitrogen and oxygen atoms in total. The van der Waals surface area contributed by atoms with E-state index in [0.717, 1.165) is 17.0 Å². The third-order valence-corrected chi connectivity index (χ3v) is 3.96. The van der Waals surface area contributed by atoms with Crippen LogP contribution < -0.4 is 16.4 Å². The van der Waals surface area contributed by atoms with Crippen molar-refractivity contribution in [1.29, 1.82) is 0 Å². The molecular weight excluding hydrogens is 346 g/mol. The van der Waals surface area contributed by atoms with Crippen molar-refractivity contribution in [2.24, 2.45) is 5.73 Å². The summed E-state index contributed by atoms with van der Waals surface area (Å²) in [6.45, 7) is 3.26. The van der Waals surface area contributed by atoms with Crippen LogP contribution in [0.15, 0.2) is 29.5 Å². The number of hydrogen-bond donors (Lipinski definition) is 3. The Morgan fingerprint density at radius 1 is 1.35 bits per heavy atom. The number of carbonyl (C=O) groups is 3. The highest BCUT2D eigenvalue weighted by atomic mass is 19.1. The third-order valence-electron chi connectivity index (χ3n) is 3.96. The number of Topliss-reactive ketones (excluding diaryl/α,β-unsaturated/α-hetero) is 1. The molecule has 2 rings (SSSR count). The second-order valence-electron chi connectivity index (χ2n) is 5.84. The van der Waals surface area contributed by atoms with Gasteiger partial charge in [-0.05, 0) is 32.9 Å². The Kier molecular flexibility index (Phi) is 6.04. The topological polar surface area (TPSA) is 105 Å². The van der Waals surface area contributed by atoms with Crippen molar-refractivity contribution >= 4 is 17.8 Å². The summed E-state index contributed by atoms with van der Waals surface area (Å²) in [5, 5.41) is 4.93. The maximum absolute atomic E-state index is 14.4. The van der Waals surface area contributed by atoms with Gasteiger partial charge in [-0.2, -0.15) is 0 Å². The fourth-order valence-electron chi connectivity index (χ4n) is 2.81. The maximum atomic E-state index is 14.4. The van der Waals surface area contributed by atoms with Gasteiger partial charge in [-0.3, -0.25) is 4.79 Å². The van der Waals surface area contributed by atoms with E-state index < -0.39 is 35.5 Å². The van der Waals surface area contributed by atoms with Crippen molar-refractivity contribution in [2.45, 2.75) is 26.3 Å². The number of ketones is 1. The van der Waals surface area contributed by atoms with Gasteiger partial charge >= 0.3 is 12.1 Å². The minimum absolute atomic E-state index is 0.0454. The minimum Gasteiger partial charge on any atom is -0.337 e. The lowest BCUT2D eigenvalue weighted by Gasteiger charge is -2.36. The molecule has 0 saturated heterocycles. The first kappa shape index (κ1) is 19.5. The lowest BCUT2D eigenvalue weighted by atomic mass is 9.91. The van der Waals surface area contributed by atoms with Crippen molar-refractivity contribution in [3.05, 3.63) is 46.7 Å². The van der Waals surface area contributed by atoms with E-state index in [1.807, 2.05) is 0 Å². The summed E-state index contributed by atoms with van der Waals surface area (Å²) < 4.78 is 27.7. The first-order valence-electron chi connectivity index (χ1n) is 8.02. The number of nitrogens with two attached hydrogens (primary N) is 1. The highest BCUT2D eigenvalue weighted by molar-refractivity contribution is 6.03. The fourth-order valence-corrected chi connectivity index (χ4v) is 2.81. The van der Waals surface area contributed by atoms with Gasteiger partial charge in [-0.25, -0.2) is 23.3 Å². The van der Waals surface area contributed by atoms with Crippen LogP contribution in [-0.2, 0) is 4.79 Å². The number of halogens is 2. The van der Waals surface area contributed by atoms with Gasteiger partial charge in [0, 0.05) is 29.4 Å². The Morgan fingerprint density at radius 2 is 2.04 bits per heavy atom. The number of allylic oxidation sites excluding steroid dienone is 1. The van der Waals surface area contributed by atoms with E-state index >= 15 is 0 Å². The SMILES string of the molecule is CC(=O)C1=C(C)NC(=O)N(C(=O)NCCCN)C1c1ccc(F)cc1F. The van der Waals surface area contributed by atoms with Crippen LogP contribution in [0.5, 0.6) is 0 Å². The Labute approximate surface area is 149 Å². The summed E-state index contributed by atoms with van der Waals surface area (Å²) in [6, 6.07) is -0.172. The number of amides is 4. The van der Waals surface area contributed by atoms with Gasteiger partial charge in [-0.1, -0.05) is 6.07 Å².